The quantitative estimate of drug-likeness (QED) is 0.572. The largest absolute Gasteiger partial charge is 0.497 e. The maximum absolute atomic E-state index is 12.3. The molecule has 0 atom stereocenters. The summed E-state index contributed by atoms with van der Waals surface area (Å²) in [7, 11) is 3.42. The highest BCUT2D eigenvalue weighted by Crippen LogP contribution is 2.20. The molecule has 0 N–H and O–H groups in total. The van der Waals surface area contributed by atoms with Crippen LogP contribution in [0.25, 0.3) is 11.5 Å². The number of carbonyl (C=O) groups is 1. The van der Waals surface area contributed by atoms with Crippen molar-refractivity contribution in [3.05, 3.63) is 64.9 Å². The Morgan fingerprint density at radius 3 is 2.50 bits per heavy atom. The highest BCUT2D eigenvalue weighted by molar-refractivity contribution is 6.30. The molecule has 0 aliphatic heterocycles. The molecular weight excluding hydrogens is 378 g/mol. The predicted octanol–water partition coefficient (Wildman–Crippen LogP) is 4.03. The first-order chi connectivity index (χ1) is 13.5. The van der Waals surface area contributed by atoms with E-state index >= 15 is 0 Å². The first-order valence-corrected chi connectivity index (χ1v) is 9.38. The van der Waals surface area contributed by atoms with Gasteiger partial charge in [0.2, 0.25) is 5.91 Å². The van der Waals surface area contributed by atoms with Crippen LogP contribution >= 0.6 is 11.6 Å². The van der Waals surface area contributed by atoms with Gasteiger partial charge in [0.15, 0.2) is 5.82 Å². The van der Waals surface area contributed by atoms with E-state index in [1.807, 2.05) is 36.4 Å². The summed E-state index contributed by atoms with van der Waals surface area (Å²) in [4.78, 5) is 18.4. The number of hydrogen-bond donors (Lipinski definition) is 0. The molecule has 146 valence electrons. The second-order valence-electron chi connectivity index (χ2n) is 6.44. The number of likely N-dealkylation sites (N-methyl/N-ethyl adjacent to an activating group) is 1. The van der Waals surface area contributed by atoms with Crippen molar-refractivity contribution < 1.29 is 14.1 Å². The van der Waals surface area contributed by atoms with Gasteiger partial charge in [-0.05, 0) is 48.4 Å². The number of hydrogen-bond acceptors (Lipinski definition) is 5. The van der Waals surface area contributed by atoms with Gasteiger partial charge < -0.3 is 14.2 Å². The molecule has 7 heteroatoms. The van der Waals surface area contributed by atoms with Crippen LogP contribution in [0, 0.1) is 0 Å². The number of aromatic nitrogens is 2. The van der Waals surface area contributed by atoms with Crippen LogP contribution in [0.2, 0.25) is 5.02 Å². The smallest absolute Gasteiger partial charge is 0.257 e. The maximum atomic E-state index is 12.3. The molecule has 0 radical (unpaired) electrons. The van der Waals surface area contributed by atoms with Crippen molar-refractivity contribution in [3.63, 3.8) is 0 Å². The fraction of sp³-hybridized carbons (Fsp3) is 0.286. The minimum Gasteiger partial charge on any atom is -0.497 e. The standard InChI is InChI=1S/C21H22ClN3O3/c1-25(20(26)12-5-15-3-10-18(27-2)11-4-15)14-13-19-23-21(28-24-19)16-6-8-17(22)9-7-16/h3-4,6-11H,5,12-14H2,1-2H3. The molecule has 0 bridgehead atoms. The van der Waals surface area contributed by atoms with Gasteiger partial charge in [-0.25, -0.2) is 0 Å². The van der Waals surface area contributed by atoms with E-state index in [1.165, 1.54) is 0 Å². The molecule has 0 unspecified atom stereocenters. The van der Waals surface area contributed by atoms with Crippen LogP contribution in [-0.4, -0.2) is 41.6 Å². The number of nitrogens with zero attached hydrogens (tertiary/aromatic N) is 3. The Morgan fingerprint density at radius 2 is 1.82 bits per heavy atom. The minimum absolute atomic E-state index is 0.0808. The number of amides is 1. The summed E-state index contributed by atoms with van der Waals surface area (Å²) in [5, 5.41) is 4.64. The minimum atomic E-state index is 0.0808. The van der Waals surface area contributed by atoms with Gasteiger partial charge in [-0.1, -0.05) is 28.9 Å². The molecule has 28 heavy (non-hydrogen) atoms. The van der Waals surface area contributed by atoms with E-state index < -0.39 is 0 Å². The lowest BCUT2D eigenvalue weighted by atomic mass is 10.1. The van der Waals surface area contributed by atoms with E-state index in [0.29, 0.717) is 42.5 Å². The van der Waals surface area contributed by atoms with Crippen molar-refractivity contribution in [2.24, 2.45) is 0 Å². The molecule has 1 heterocycles. The Morgan fingerprint density at radius 1 is 1.11 bits per heavy atom. The molecule has 0 fully saturated rings. The zero-order chi connectivity index (χ0) is 19.9. The van der Waals surface area contributed by atoms with Gasteiger partial charge in [0.05, 0.1) is 7.11 Å². The molecule has 1 amide bonds. The fourth-order valence-electron chi connectivity index (χ4n) is 2.69. The van der Waals surface area contributed by atoms with Crippen LogP contribution in [0.5, 0.6) is 5.75 Å². The second kappa shape index (κ2) is 9.37. The number of aryl methyl sites for hydroxylation is 1. The van der Waals surface area contributed by atoms with E-state index in [1.54, 1.807) is 31.2 Å². The summed E-state index contributed by atoms with van der Waals surface area (Å²) in [5.74, 6) is 1.91. The van der Waals surface area contributed by atoms with E-state index in [0.717, 1.165) is 16.9 Å². The van der Waals surface area contributed by atoms with E-state index in [2.05, 4.69) is 10.1 Å². The lowest BCUT2D eigenvalue weighted by molar-refractivity contribution is -0.129. The zero-order valence-corrected chi connectivity index (χ0v) is 16.6. The van der Waals surface area contributed by atoms with Gasteiger partial charge >= 0.3 is 0 Å². The number of ether oxygens (including phenoxy) is 1. The summed E-state index contributed by atoms with van der Waals surface area (Å²) in [6.45, 7) is 0.529. The van der Waals surface area contributed by atoms with Crippen LogP contribution in [-0.2, 0) is 17.6 Å². The van der Waals surface area contributed by atoms with Crippen molar-refractivity contribution in [1.29, 1.82) is 0 Å². The normalized spacial score (nSPS) is 10.7. The second-order valence-corrected chi connectivity index (χ2v) is 6.87. The lowest BCUT2D eigenvalue weighted by Crippen LogP contribution is -2.29. The van der Waals surface area contributed by atoms with Crippen molar-refractivity contribution in [2.45, 2.75) is 19.3 Å². The number of rotatable bonds is 8. The Bertz CT molecular complexity index is 907. The molecule has 3 rings (SSSR count). The van der Waals surface area contributed by atoms with E-state index in [9.17, 15) is 4.79 Å². The summed E-state index contributed by atoms with van der Waals surface area (Å²) < 4.78 is 10.4. The molecule has 1 aromatic heterocycles. The third-order valence-electron chi connectivity index (χ3n) is 4.44. The Labute approximate surface area is 169 Å². The Balaban J connectivity index is 1.47. The third kappa shape index (κ3) is 5.33. The first-order valence-electron chi connectivity index (χ1n) is 9.00. The average molecular weight is 400 g/mol. The average Bonchev–Trinajstić information content (AvgIpc) is 3.20. The van der Waals surface area contributed by atoms with Crippen molar-refractivity contribution in [2.75, 3.05) is 20.7 Å². The summed E-state index contributed by atoms with van der Waals surface area (Å²) >= 11 is 5.89. The van der Waals surface area contributed by atoms with Gasteiger partial charge in [0.1, 0.15) is 5.75 Å². The topological polar surface area (TPSA) is 68.5 Å². The number of halogens is 1. The lowest BCUT2D eigenvalue weighted by Gasteiger charge is -2.16. The summed E-state index contributed by atoms with van der Waals surface area (Å²) in [6, 6.07) is 15.0. The molecule has 0 aliphatic carbocycles. The first kappa shape index (κ1) is 19.9. The highest BCUT2D eigenvalue weighted by Gasteiger charge is 2.13. The number of carbonyl (C=O) groups excluding carboxylic acids is 1. The van der Waals surface area contributed by atoms with Crippen LogP contribution in [0.1, 0.15) is 17.8 Å². The Hall–Kier alpha value is -2.86. The summed E-state index contributed by atoms with van der Waals surface area (Å²) in [6.07, 6.45) is 1.67. The molecule has 0 aliphatic rings. The van der Waals surface area contributed by atoms with Crippen LogP contribution in [0.4, 0.5) is 0 Å². The van der Waals surface area contributed by atoms with Crippen LogP contribution in [0.3, 0.4) is 0 Å². The van der Waals surface area contributed by atoms with Crippen LogP contribution < -0.4 is 4.74 Å². The van der Waals surface area contributed by atoms with Gasteiger partial charge in [-0.3, -0.25) is 4.79 Å². The fourth-order valence-corrected chi connectivity index (χ4v) is 2.82. The number of benzene rings is 2. The van der Waals surface area contributed by atoms with Gasteiger partial charge in [-0.2, -0.15) is 4.98 Å². The Kier molecular flexibility index (Phi) is 6.66. The van der Waals surface area contributed by atoms with Crippen molar-refractivity contribution >= 4 is 17.5 Å². The zero-order valence-electron chi connectivity index (χ0n) is 15.9. The maximum Gasteiger partial charge on any atom is 0.257 e. The third-order valence-corrected chi connectivity index (χ3v) is 4.69. The van der Waals surface area contributed by atoms with Crippen molar-refractivity contribution in [1.82, 2.24) is 15.0 Å². The SMILES string of the molecule is COc1ccc(CCC(=O)N(C)CCc2noc(-c3ccc(Cl)cc3)n2)cc1. The van der Waals surface area contributed by atoms with Crippen LogP contribution in [0.15, 0.2) is 53.1 Å². The molecule has 0 saturated heterocycles. The van der Waals surface area contributed by atoms with Gasteiger partial charge in [0, 0.05) is 37.0 Å². The highest BCUT2D eigenvalue weighted by atomic mass is 35.5. The molecular formula is C21H22ClN3O3. The van der Waals surface area contributed by atoms with E-state index in [4.69, 9.17) is 20.9 Å². The predicted molar refractivity (Wildman–Crippen MR) is 107 cm³/mol. The monoisotopic (exact) mass is 399 g/mol. The number of methoxy groups -OCH3 is 1. The molecule has 3 aromatic rings. The van der Waals surface area contributed by atoms with E-state index in [-0.39, 0.29) is 5.91 Å². The molecule has 0 saturated carbocycles. The molecule has 2 aromatic carbocycles. The van der Waals surface area contributed by atoms with Gasteiger partial charge in [-0.15, -0.1) is 0 Å². The van der Waals surface area contributed by atoms with Crippen molar-refractivity contribution in [3.8, 4) is 17.2 Å². The molecule has 0 spiro atoms. The van der Waals surface area contributed by atoms with Gasteiger partial charge in [0.25, 0.3) is 5.89 Å². The molecule has 6 nitrogen and oxygen atoms in total. The summed E-state index contributed by atoms with van der Waals surface area (Å²) in [5.41, 5.74) is 1.92.